The second-order valence-corrected chi connectivity index (χ2v) is 7.04. The lowest BCUT2D eigenvalue weighted by Gasteiger charge is -2.17. The standard InChI is InChI=1S/C22H26N4O3/c1-26(2)10-11-29-21-13-17(18-14-23-24-15-18)8-9-19(21)25-22(28)20(27)12-16-6-4-3-5-7-16/h3-9,13-15,20,27H,10-12H2,1-2H3,(H,23,24)(H,25,28). The van der Waals surface area contributed by atoms with E-state index in [1.165, 1.54) is 0 Å². The van der Waals surface area contributed by atoms with Crippen LogP contribution in [0.2, 0.25) is 0 Å². The van der Waals surface area contributed by atoms with Gasteiger partial charge < -0.3 is 20.1 Å². The molecule has 1 aromatic heterocycles. The van der Waals surface area contributed by atoms with Crippen LogP contribution in [0.5, 0.6) is 5.75 Å². The van der Waals surface area contributed by atoms with Crippen LogP contribution in [0.15, 0.2) is 60.9 Å². The number of hydrogen-bond acceptors (Lipinski definition) is 5. The number of carbonyl (C=O) groups excluding carboxylic acids is 1. The molecular weight excluding hydrogens is 368 g/mol. The van der Waals surface area contributed by atoms with E-state index < -0.39 is 12.0 Å². The van der Waals surface area contributed by atoms with Crippen molar-refractivity contribution in [1.29, 1.82) is 0 Å². The van der Waals surface area contributed by atoms with Gasteiger partial charge in [0.2, 0.25) is 0 Å². The monoisotopic (exact) mass is 394 g/mol. The molecule has 1 unspecified atom stereocenters. The van der Waals surface area contributed by atoms with E-state index in [2.05, 4.69) is 15.5 Å². The lowest BCUT2D eigenvalue weighted by Crippen LogP contribution is -2.29. The highest BCUT2D eigenvalue weighted by Gasteiger charge is 2.18. The SMILES string of the molecule is CN(C)CCOc1cc(-c2cn[nH]c2)ccc1NC(=O)C(O)Cc1ccccc1. The summed E-state index contributed by atoms with van der Waals surface area (Å²) in [5.41, 5.74) is 3.26. The number of nitrogens with zero attached hydrogens (tertiary/aromatic N) is 2. The molecule has 2 aromatic carbocycles. The predicted molar refractivity (Wildman–Crippen MR) is 113 cm³/mol. The van der Waals surface area contributed by atoms with Crippen LogP contribution in [0.25, 0.3) is 11.1 Å². The van der Waals surface area contributed by atoms with Crippen LogP contribution in [0.1, 0.15) is 5.56 Å². The summed E-state index contributed by atoms with van der Waals surface area (Å²) in [6.45, 7) is 1.21. The molecule has 0 saturated heterocycles. The fraction of sp³-hybridized carbons (Fsp3) is 0.273. The molecular formula is C22H26N4O3. The topological polar surface area (TPSA) is 90.5 Å². The van der Waals surface area contributed by atoms with Gasteiger partial charge in [-0.15, -0.1) is 0 Å². The smallest absolute Gasteiger partial charge is 0.253 e. The lowest BCUT2D eigenvalue weighted by molar-refractivity contribution is -0.123. The maximum atomic E-state index is 12.5. The molecule has 0 spiro atoms. The van der Waals surface area contributed by atoms with Gasteiger partial charge in [0, 0.05) is 24.7 Å². The van der Waals surface area contributed by atoms with Gasteiger partial charge in [-0.2, -0.15) is 5.10 Å². The highest BCUT2D eigenvalue weighted by atomic mass is 16.5. The van der Waals surface area contributed by atoms with E-state index in [9.17, 15) is 9.90 Å². The summed E-state index contributed by atoms with van der Waals surface area (Å²) in [5.74, 6) is 0.0770. The molecule has 3 aromatic rings. The zero-order valence-corrected chi connectivity index (χ0v) is 16.6. The maximum Gasteiger partial charge on any atom is 0.253 e. The first-order chi connectivity index (χ1) is 14.0. The summed E-state index contributed by atoms with van der Waals surface area (Å²) < 4.78 is 5.92. The van der Waals surface area contributed by atoms with Crippen LogP contribution in [0.3, 0.4) is 0 Å². The number of likely N-dealkylation sites (N-methyl/N-ethyl adjacent to an activating group) is 1. The van der Waals surface area contributed by atoms with Crippen molar-refractivity contribution in [2.45, 2.75) is 12.5 Å². The second-order valence-electron chi connectivity index (χ2n) is 7.04. The third-order valence-electron chi connectivity index (χ3n) is 4.44. The molecule has 1 heterocycles. The van der Waals surface area contributed by atoms with E-state index in [-0.39, 0.29) is 6.42 Å². The Hall–Kier alpha value is -3.16. The van der Waals surface area contributed by atoms with E-state index in [1.807, 2.05) is 61.5 Å². The average molecular weight is 394 g/mol. The first-order valence-electron chi connectivity index (χ1n) is 9.46. The number of nitrogens with one attached hydrogen (secondary N) is 2. The van der Waals surface area contributed by atoms with Crippen molar-refractivity contribution in [3.05, 3.63) is 66.5 Å². The van der Waals surface area contributed by atoms with Gasteiger partial charge >= 0.3 is 0 Å². The minimum Gasteiger partial charge on any atom is -0.490 e. The van der Waals surface area contributed by atoms with Crippen LogP contribution >= 0.6 is 0 Å². The Morgan fingerprint density at radius 2 is 2.00 bits per heavy atom. The molecule has 29 heavy (non-hydrogen) atoms. The van der Waals surface area contributed by atoms with Gasteiger partial charge in [0.15, 0.2) is 0 Å². The van der Waals surface area contributed by atoms with E-state index in [0.29, 0.717) is 18.0 Å². The van der Waals surface area contributed by atoms with E-state index in [0.717, 1.165) is 23.2 Å². The van der Waals surface area contributed by atoms with Crippen LogP contribution in [-0.4, -0.2) is 59.5 Å². The molecule has 0 saturated carbocycles. The Balaban J connectivity index is 1.74. The summed E-state index contributed by atoms with van der Waals surface area (Å²) in [5, 5.41) is 19.9. The number of ether oxygens (including phenoxy) is 1. The molecule has 1 atom stereocenters. The Bertz CT molecular complexity index is 911. The predicted octanol–water partition coefficient (Wildman–Crippen LogP) is 2.56. The second kappa shape index (κ2) is 9.86. The number of aliphatic hydroxyl groups excluding tert-OH is 1. The average Bonchev–Trinajstić information content (AvgIpc) is 3.24. The molecule has 0 aliphatic heterocycles. The normalized spacial score (nSPS) is 12.0. The molecule has 3 N–H and O–H groups in total. The van der Waals surface area contributed by atoms with Gasteiger partial charge in [-0.05, 0) is 37.4 Å². The van der Waals surface area contributed by atoms with Crippen LogP contribution in [0, 0.1) is 0 Å². The summed E-state index contributed by atoms with van der Waals surface area (Å²) in [7, 11) is 3.93. The first kappa shape index (κ1) is 20.6. The molecule has 0 aliphatic rings. The highest BCUT2D eigenvalue weighted by molar-refractivity contribution is 5.95. The van der Waals surface area contributed by atoms with Gasteiger partial charge in [0.25, 0.3) is 5.91 Å². The number of hydrogen-bond donors (Lipinski definition) is 3. The minimum atomic E-state index is -1.15. The number of rotatable bonds is 9. The molecule has 0 bridgehead atoms. The Kier molecular flexibility index (Phi) is 6.99. The van der Waals surface area contributed by atoms with E-state index >= 15 is 0 Å². The molecule has 1 amide bonds. The summed E-state index contributed by atoms with van der Waals surface area (Å²) in [6, 6.07) is 14.9. The fourth-order valence-corrected chi connectivity index (χ4v) is 2.82. The van der Waals surface area contributed by atoms with Crippen molar-refractivity contribution in [2.24, 2.45) is 0 Å². The Morgan fingerprint density at radius 3 is 2.69 bits per heavy atom. The zero-order valence-electron chi connectivity index (χ0n) is 16.6. The molecule has 0 radical (unpaired) electrons. The number of aliphatic hydroxyl groups is 1. The minimum absolute atomic E-state index is 0.247. The number of aromatic nitrogens is 2. The number of carbonyl (C=O) groups is 1. The highest BCUT2D eigenvalue weighted by Crippen LogP contribution is 2.31. The summed E-state index contributed by atoms with van der Waals surface area (Å²) in [4.78, 5) is 14.5. The largest absolute Gasteiger partial charge is 0.490 e. The molecule has 0 aliphatic carbocycles. The Morgan fingerprint density at radius 1 is 1.21 bits per heavy atom. The van der Waals surface area contributed by atoms with Crippen molar-refractivity contribution in [1.82, 2.24) is 15.1 Å². The first-order valence-corrected chi connectivity index (χ1v) is 9.46. The van der Waals surface area contributed by atoms with Gasteiger partial charge in [-0.3, -0.25) is 9.89 Å². The lowest BCUT2D eigenvalue weighted by atomic mass is 10.1. The summed E-state index contributed by atoms with van der Waals surface area (Å²) >= 11 is 0. The van der Waals surface area contributed by atoms with E-state index in [1.54, 1.807) is 18.5 Å². The third kappa shape index (κ3) is 5.91. The van der Waals surface area contributed by atoms with Crippen molar-refractivity contribution >= 4 is 11.6 Å². The van der Waals surface area contributed by atoms with E-state index in [4.69, 9.17) is 4.74 Å². The molecule has 3 rings (SSSR count). The van der Waals surface area contributed by atoms with Crippen molar-refractivity contribution < 1.29 is 14.6 Å². The molecule has 7 nitrogen and oxygen atoms in total. The van der Waals surface area contributed by atoms with Crippen molar-refractivity contribution in [3.63, 3.8) is 0 Å². The van der Waals surface area contributed by atoms with Crippen molar-refractivity contribution in [3.8, 4) is 16.9 Å². The quantitative estimate of drug-likeness (QED) is 0.519. The molecule has 152 valence electrons. The van der Waals surface area contributed by atoms with Crippen LogP contribution in [0.4, 0.5) is 5.69 Å². The number of H-pyrrole nitrogens is 1. The number of benzene rings is 2. The van der Waals surface area contributed by atoms with Gasteiger partial charge in [-0.25, -0.2) is 0 Å². The van der Waals surface area contributed by atoms with Gasteiger partial charge in [0.1, 0.15) is 18.5 Å². The number of amides is 1. The van der Waals surface area contributed by atoms with Crippen LogP contribution in [-0.2, 0) is 11.2 Å². The molecule has 0 fully saturated rings. The van der Waals surface area contributed by atoms with Gasteiger partial charge in [-0.1, -0.05) is 36.4 Å². The molecule has 7 heteroatoms. The van der Waals surface area contributed by atoms with Gasteiger partial charge in [0.05, 0.1) is 11.9 Å². The number of aromatic amines is 1. The third-order valence-corrected chi connectivity index (χ3v) is 4.44. The van der Waals surface area contributed by atoms with Crippen molar-refractivity contribution in [2.75, 3.05) is 32.6 Å². The van der Waals surface area contributed by atoms with Crippen LogP contribution < -0.4 is 10.1 Å². The summed E-state index contributed by atoms with van der Waals surface area (Å²) in [6.07, 6.45) is 2.61. The Labute approximate surface area is 170 Å². The number of anilines is 1. The maximum absolute atomic E-state index is 12.5. The fourth-order valence-electron chi connectivity index (χ4n) is 2.82. The zero-order chi connectivity index (χ0) is 20.6.